The van der Waals surface area contributed by atoms with Crippen LogP contribution in [0.15, 0.2) is 72.8 Å². The fraction of sp³-hybridized carbons (Fsp3) is 0.250. The summed E-state index contributed by atoms with van der Waals surface area (Å²) in [5, 5.41) is 7.60. The minimum Gasteiger partial charge on any atom is -0.480 e. The van der Waals surface area contributed by atoms with E-state index in [1.165, 1.54) is 0 Å². The number of anilines is 2. The number of aryl methyl sites for hydroxylation is 4. The van der Waals surface area contributed by atoms with Crippen molar-refractivity contribution in [1.82, 2.24) is 0 Å². The maximum absolute atomic E-state index is 13.0. The Morgan fingerprint density at radius 1 is 0.553 bits per heavy atom. The molecule has 2 unspecified atom stereocenters. The summed E-state index contributed by atoms with van der Waals surface area (Å²) in [6.07, 6.45) is -1.40. The van der Waals surface area contributed by atoms with Crippen molar-refractivity contribution in [3.05, 3.63) is 95.1 Å². The molecule has 0 aliphatic carbocycles. The molecule has 2 N–H and O–H groups in total. The van der Waals surface area contributed by atoms with E-state index >= 15 is 0 Å². The van der Waals surface area contributed by atoms with Crippen molar-refractivity contribution < 1.29 is 19.1 Å². The van der Waals surface area contributed by atoms with Gasteiger partial charge < -0.3 is 20.1 Å². The van der Waals surface area contributed by atoms with Gasteiger partial charge in [-0.05, 0) is 75.9 Å². The molecule has 0 aliphatic rings. The van der Waals surface area contributed by atoms with Gasteiger partial charge >= 0.3 is 0 Å². The van der Waals surface area contributed by atoms with Gasteiger partial charge in [-0.15, -0.1) is 0 Å². The van der Waals surface area contributed by atoms with Gasteiger partial charge in [-0.2, -0.15) is 0 Å². The fourth-order valence-corrected chi connectivity index (χ4v) is 4.43. The predicted octanol–water partition coefficient (Wildman–Crippen LogP) is 6.89. The number of carbonyl (C=O) groups is 2. The molecular formula is C32H34N2O4. The van der Waals surface area contributed by atoms with Gasteiger partial charge in [0.25, 0.3) is 11.8 Å². The molecule has 0 spiro atoms. The van der Waals surface area contributed by atoms with E-state index < -0.39 is 12.2 Å². The standard InChI is InChI=1S/C32H34N2O4/c1-19-11-7-12-20(2)29(19)37-23(5)31(35)33-27-17-9-16-26-25(27)15-10-18-28(26)34-32(36)24(6)38-30-21(3)13-8-14-22(30)4/h7-18,23-24H,1-6H3,(H,33,35)(H,34,36). The van der Waals surface area contributed by atoms with Gasteiger partial charge in [0, 0.05) is 22.1 Å². The topological polar surface area (TPSA) is 76.7 Å². The normalized spacial score (nSPS) is 12.5. The van der Waals surface area contributed by atoms with Crippen LogP contribution in [0.4, 0.5) is 11.4 Å². The Morgan fingerprint density at radius 3 is 1.21 bits per heavy atom. The summed E-state index contributed by atoms with van der Waals surface area (Å²) < 4.78 is 12.0. The summed E-state index contributed by atoms with van der Waals surface area (Å²) in [5.41, 5.74) is 5.19. The van der Waals surface area contributed by atoms with Crippen molar-refractivity contribution in [3.63, 3.8) is 0 Å². The molecule has 4 aromatic carbocycles. The number of para-hydroxylation sites is 2. The van der Waals surface area contributed by atoms with Gasteiger partial charge in [0.1, 0.15) is 11.5 Å². The van der Waals surface area contributed by atoms with Crippen LogP contribution in [0.5, 0.6) is 11.5 Å². The maximum atomic E-state index is 13.0. The Balaban J connectivity index is 1.50. The average molecular weight is 511 g/mol. The SMILES string of the molecule is Cc1cccc(C)c1OC(C)C(=O)Nc1cccc2c(NC(=O)C(C)Oc3c(C)cccc3C)cccc12. The highest BCUT2D eigenvalue weighted by molar-refractivity contribution is 6.10. The van der Waals surface area contributed by atoms with E-state index in [0.717, 1.165) is 44.5 Å². The van der Waals surface area contributed by atoms with Crippen LogP contribution in [-0.4, -0.2) is 24.0 Å². The third-order valence-corrected chi connectivity index (χ3v) is 6.58. The molecule has 0 saturated carbocycles. The number of hydrogen-bond acceptors (Lipinski definition) is 4. The number of benzene rings is 4. The molecule has 196 valence electrons. The van der Waals surface area contributed by atoms with Gasteiger partial charge in [0.05, 0.1) is 0 Å². The van der Waals surface area contributed by atoms with E-state index in [4.69, 9.17) is 9.47 Å². The molecule has 38 heavy (non-hydrogen) atoms. The fourth-order valence-electron chi connectivity index (χ4n) is 4.43. The van der Waals surface area contributed by atoms with E-state index in [0.29, 0.717) is 11.4 Å². The van der Waals surface area contributed by atoms with Crippen LogP contribution >= 0.6 is 0 Å². The van der Waals surface area contributed by atoms with E-state index in [2.05, 4.69) is 10.6 Å². The van der Waals surface area contributed by atoms with Crippen LogP contribution in [0.3, 0.4) is 0 Å². The van der Waals surface area contributed by atoms with E-state index in [9.17, 15) is 9.59 Å². The number of rotatable bonds is 8. The van der Waals surface area contributed by atoms with Crippen LogP contribution in [0.2, 0.25) is 0 Å². The van der Waals surface area contributed by atoms with Crippen LogP contribution in [0.25, 0.3) is 10.8 Å². The average Bonchev–Trinajstić information content (AvgIpc) is 2.88. The molecule has 2 atom stereocenters. The highest BCUT2D eigenvalue weighted by Gasteiger charge is 2.20. The number of carbonyl (C=O) groups excluding carboxylic acids is 2. The number of fused-ring (bicyclic) bond motifs is 1. The Bertz CT molecular complexity index is 1340. The molecule has 6 heteroatoms. The van der Waals surface area contributed by atoms with E-state index in [1.54, 1.807) is 13.8 Å². The molecule has 2 amide bonds. The Kier molecular flexibility index (Phi) is 8.01. The van der Waals surface area contributed by atoms with Gasteiger partial charge in [-0.25, -0.2) is 0 Å². The lowest BCUT2D eigenvalue weighted by molar-refractivity contribution is -0.122. The van der Waals surface area contributed by atoms with Crippen LogP contribution in [-0.2, 0) is 9.59 Å². The van der Waals surface area contributed by atoms with Gasteiger partial charge in [-0.1, -0.05) is 60.7 Å². The highest BCUT2D eigenvalue weighted by atomic mass is 16.5. The van der Waals surface area contributed by atoms with Crippen molar-refractivity contribution in [2.45, 2.75) is 53.8 Å². The first-order valence-electron chi connectivity index (χ1n) is 12.7. The number of hydrogen-bond donors (Lipinski definition) is 2. The van der Waals surface area contributed by atoms with Crippen molar-refractivity contribution >= 4 is 34.0 Å². The first kappa shape index (κ1) is 26.7. The maximum Gasteiger partial charge on any atom is 0.265 e. The van der Waals surface area contributed by atoms with Crippen LogP contribution < -0.4 is 20.1 Å². The summed E-state index contributed by atoms with van der Waals surface area (Å²) >= 11 is 0. The number of nitrogens with one attached hydrogen (secondary N) is 2. The largest absolute Gasteiger partial charge is 0.480 e. The Hall–Kier alpha value is -4.32. The lowest BCUT2D eigenvalue weighted by Gasteiger charge is -2.20. The smallest absolute Gasteiger partial charge is 0.265 e. The van der Waals surface area contributed by atoms with Crippen molar-refractivity contribution in [1.29, 1.82) is 0 Å². The summed E-state index contributed by atoms with van der Waals surface area (Å²) in [4.78, 5) is 26.1. The Morgan fingerprint density at radius 2 is 0.868 bits per heavy atom. The second-order valence-corrected chi connectivity index (χ2v) is 9.65. The third-order valence-electron chi connectivity index (χ3n) is 6.58. The molecule has 0 fully saturated rings. The molecule has 0 aliphatic heterocycles. The minimum absolute atomic E-state index is 0.259. The summed E-state index contributed by atoms with van der Waals surface area (Å²) in [6, 6.07) is 23.0. The zero-order chi connectivity index (χ0) is 27.4. The zero-order valence-corrected chi connectivity index (χ0v) is 22.7. The molecule has 0 heterocycles. The molecule has 6 nitrogen and oxygen atoms in total. The Labute approximate surface area is 224 Å². The summed E-state index contributed by atoms with van der Waals surface area (Å²) in [5.74, 6) is 0.918. The monoisotopic (exact) mass is 510 g/mol. The first-order chi connectivity index (χ1) is 18.2. The molecular weight excluding hydrogens is 476 g/mol. The molecule has 0 bridgehead atoms. The lowest BCUT2D eigenvalue weighted by atomic mass is 10.1. The summed E-state index contributed by atoms with van der Waals surface area (Å²) in [7, 11) is 0. The van der Waals surface area contributed by atoms with Crippen molar-refractivity contribution in [2.24, 2.45) is 0 Å². The van der Waals surface area contributed by atoms with E-state index in [1.807, 2.05) is 100 Å². The number of ether oxygens (including phenoxy) is 2. The summed E-state index contributed by atoms with van der Waals surface area (Å²) in [6.45, 7) is 11.3. The highest BCUT2D eigenvalue weighted by Crippen LogP contribution is 2.31. The quantitative estimate of drug-likeness (QED) is 0.271. The molecule has 0 saturated heterocycles. The van der Waals surface area contributed by atoms with Crippen LogP contribution in [0, 0.1) is 27.7 Å². The van der Waals surface area contributed by atoms with Gasteiger partial charge in [0.15, 0.2) is 12.2 Å². The molecule has 0 radical (unpaired) electrons. The molecule has 4 aromatic rings. The second kappa shape index (κ2) is 11.4. The minimum atomic E-state index is -0.698. The third kappa shape index (κ3) is 5.80. The lowest BCUT2D eigenvalue weighted by Crippen LogP contribution is -2.31. The van der Waals surface area contributed by atoms with Crippen molar-refractivity contribution in [3.8, 4) is 11.5 Å². The molecule has 0 aromatic heterocycles. The zero-order valence-electron chi connectivity index (χ0n) is 22.7. The molecule has 4 rings (SSSR count). The first-order valence-corrected chi connectivity index (χ1v) is 12.7. The van der Waals surface area contributed by atoms with Crippen molar-refractivity contribution in [2.75, 3.05) is 10.6 Å². The van der Waals surface area contributed by atoms with Gasteiger partial charge in [0.2, 0.25) is 0 Å². The second-order valence-electron chi connectivity index (χ2n) is 9.65. The number of amides is 2. The van der Waals surface area contributed by atoms with Crippen LogP contribution in [0.1, 0.15) is 36.1 Å². The van der Waals surface area contributed by atoms with E-state index in [-0.39, 0.29) is 11.8 Å². The predicted molar refractivity (Wildman–Crippen MR) is 153 cm³/mol. The van der Waals surface area contributed by atoms with Gasteiger partial charge in [-0.3, -0.25) is 9.59 Å².